The lowest BCUT2D eigenvalue weighted by Gasteiger charge is -2.68. The van der Waals surface area contributed by atoms with Gasteiger partial charge >= 0.3 is 0 Å². The van der Waals surface area contributed by atoms with E-state index in [-0.39, 0.29) is 74.1 Å². The monoisotopic (exact) mass is 787 g/mol. The van der Waals surface area contributed by atoms with E-state index in [1.54, 1.807) is 17.1 Å². The molecule has 9 unspecified atom stereocenters. The summed E-state index contributed by atoms with van der Waals surface area (Å²) in [6.07, 6.45) is 8.74. The first-order valence-electron chi connectivity index (χ1n) is 20.7. The number of carbonyl (C=O) groups excluding carboxylic acids is 5. The lowest BCUT2D eigenvalue weighted by Crippen LogP contribution is -2.72. The van der Waals surface area contributed by atoms with Crippen LogP contribution in [0.2, 0.25) is 0 Å². The maximum absolute atomic E-state index is 14.4. The van der Waals surface area contributed by atoms with Crippen LogP contribution < -0.4 is 15.5 Å². The number of hydrogen-bond donors (Lipinski definition) is 2. The Morgan fingerprint density at radius 2 is 1.78 bits per heavy atom. The third kappa shape index (κ3) is 6.25. The second-order valence-corrected chi connectivity index (χ2v) is 16.9. The van der Waals surface area contributed by atoms with E-state index in [9.17, 15) is 24.0 Å². The van der Waals surface area contributed by atoms with Gasteiger partial charge < -0.3 is 34.5 Å². The van der Waals surface area contributed by atoms with E-state index in [1.165, 1.54) is 0 Å². The summed E-state index contributed by atoms with van der Waals surface area (Å²) in [7, 11) is 0. The van der Waals surface area contributed by atoms with E-state index in [0.717, 1.165) is 41.5 Å². The zero-order valence-corrected chi connectivity index (χ0v) is 32.9. The number of anilines is 1. The Morgan fingerprint density at radius 3 is 2.62 bits per heavy atom. The molecule has 2 aromatic rings. The highest BCUT2D eigenvalue weighted by atomic mass is 16.7. The Morgan fingerprint density at radius 1 is 0.983 bits per heavy atom. The van der Waals surface area contributed by atoms with Crippen LogP contribution in [0.3, 0.4) is 0 Å². The molecular weight excluding hydrogens is 739 g/mol. The minimum atomic E-state index is -1.22. The smallest absolute Gasteiger partial charge is 0.241 e. The molecule has 0 bridgehead atoms. The number of nitrogens with zero attached hydrogens (tertiary/aromatic N) is 1. The molecule has 3 aliphatic heterocycles. The lowest BCUT2D eigenvalue weighted by molar-refractivity contribution is -0.300. The van der Waals surface area contributed by atoms with Crippen LogP contribution in [0.1, 0.15) is 81.9 Å². The summed E-state index contributed by atoms with van der Waals surface area (Å²) in [6.45, 7) is 3.70. The molecule has 0 aromatic heterocycles. The van der Waals surface area contributed by atoms with Crippen LogP contribution in [-0.4, -0.2) is 78.9 Å². The highest BCUT2D eigenvalue weighted by Crippen LogP contribution is 2.72. The average molecular weight is 788 g/mol. The number of nitrogens with one attached hydrogen (secondary N) is 2. The molecule has 3 saturated carbocycles. The number of benzene rings is 2. The Bertz CT molecular complexity index is 2190. The molecular formula is C46H49N3O9. The number of para-hydroxylation sites is 1. The van der Waals surface area contributed by atoms with Crippen LogP contribution in [0, 0.1) is 35.0 Å². The van der Waals surface area contributed by atoms with Crippen molar-refractivity contribution in [2.24, 2.45) is 23.2 Å². The van der Waals surface area contributed by atoms with Crippen LogP contribution in [0.5, 0.6) is 0 Å². The van der Waals surface area contributed by atoms with Crippen LogP contribution in [0.15, 0.2) is 72.3 Å². The Hall–Kier alpha value is -4.93. The summed E-state index contributed by atoms with van der Waals surface area (Å²) in [4.78, 5) is 67.3. The minimum absolute atomic E-state index is 0.00853. The number of carbonyl (C=O) groups is 5. The summed E-state index contributed by atoms with van der Waals surface area (Å²) in [5, 5.41) is 5.21. The molecule has 2 aromatic carbocycles. The first-order chi connectivity index (χ1) is 28.1. The van der Waals surface area contributed by atoms with Gasteiger partial charge in [0.05, 0.1) is 31.0 Å². The number of amides is 3. The lowest BCUT2D eigenvalue weighted by atomic mass is 9.46. The van der Waals surface area contributed by atoms with E-state index >= 15 is 0 Å². The zero-order chi connectivity index (χ0) is 40.2. The molecule has 302 valence electrons. The van der Waals surface area contributed by atoms with Crippen molar-refractivity contribution in [3.8, 4) is 11.8 Å². The molecule has 1 spiro atoms. The second kappa shape index (κ2) is 15.0. The quantitative estimate of drug-likeness (QED) is 0.181. The Labute approximate surface area is 338 Å². The van der Waals surface area contributed by atoms with Gasteiger partial charge in [0.1, 0.15) is 18.9 Å². The topological polar surface area (TPSA) is 150 Å². The summed E-state index contributed by atoms with van der Waals surface area (Å²) >= 11 is 0. The summed E-state index contributed by atoms with van der Waals surface area (Å²) in [5.41, 5.74) is 1.95. The van der Waals surface area contributed by atoms with E-state index < -0.39 is 40.8 Å². The van der Waals surface area contributed by atoms with Gasteiger partial charge in [0.15, 0.2) is 23.5 Å². The molecule has 7 aliphatic rings. The maximum Gasteiger partial charge on any atom is 0.241 e. The van der Waals surface area contributed by atoms with Crippen LogP contribution in [0.4, 0.5) is 5.69 Å². The highest BCUT2D eigenvalue weighted by molar-refractivity contribution is 6.01. The normalized spacial score (nSPS) is 33.2. The second-order valence-electron chi connectivity index (χ2n) is 16.9. The summed E-state index contributed by atoms with van der Waals surface area (Å²) in [6, 6.07) is 15.1. The van der Waals surface area contributed by atoms with Crippen molar-refractivity contribution in [2.45, 2.75) is 101 Å². The molecule has 4 aliphatic carbocycles. The zero-order valence-electron chi connectivity index (χ0n) is 32.9. The molecule has 5 fully saturated rings. The Kier molecular flexibility index (Phi) is 9.99. The molecule has 12 nitrogen and oxygen atoms in total. The fraction of sp³-hybridized carbons (Fsp3) is 0.500. The van der Waals surface area contributed by atoms with E-state index in [1.807, 2.05) is 54.6 Å². The van der Waals surface area contributed by atoms with Crippen LogP contribution >= 0.6 is 0 Å². The number of rotatable bonds is 12. The van der Waals surface area contributed by atoms with Crippen LogP contribution in [0.25, 0.3) is 0 Å². The van der Waals surface area contributed by atoms with Gasteiger partial charge in [0.25, 0.3) is 0 Å². The van der Waals surface area contributed by atoms with Gasteiger partial charge in [-0.25, -0.2) is 0 Å². The predicted octanol–water partition coefficient (Wildman–Crippen LogP) is 4.43. The molecule has 9 rings (SSSR count). The third-order valence-corrected chi connectivity index (χ3v) is 13.9. The number of allylic oxidation sites excluding steroid dienone is 2. The predicted molar refractivity (Wildman–Crippen MR) is 211 cm³/mol. The van der Waals surface area contributed by atoms with Crippen molar-refractivity contribution < 1.29 is 42.9 Å². The fourth-order valence-electron chi connectivity index (χ4n) is 11.3. The largest absolute Gasteiger partial charge is 0.362 e. The molecule has 58 heavy (non-hydrogen) atoms. The van der Waals surface area contributed by atoms with Crippen LogP contribution in [-0.2, 0) is 49.5 Å². The average Bonchev–Trinajstić information content (AvgIpc) is 3.69. The van der Waals surface area contributed by atoms with Gasteiger partial charge in [-0.2, -0.15) is 0 Å². The van der Waals surface area contributed by atoms with Gasteiger partial charge in [0, 0.05) is 35.3 Å². The van der Waals surface area contributed by atoms with Crippen molar-refractivity contribution in [1.82, 2.24) is 10.6 Å². The summed E-state index contributed by atoms with van der Waals surface area (Å²) in [5.74, 6) is 5.69. The van der Waals surface area contributed by atoms with E-state index in [2.05, 4.69) is 36.3 Å². The first kappa shape index (κ1) is 38.6. The van der Waals surface area contributed by atoms with Gasteiger partial charge in [0.2, 0.25) is 17.7 Å². The van der Waals surface area contributed by atoms with E-state index in [0.29, 0.717) is 31.5 Å². The highest BCUT2D eigenvalue weighted by Gasteiger charge is 2.78. The molecule has 0 radical (unpaired) electrons. The molecule has 3 heterocycles. The number of fused-ring (bicyclic) bond motifs is 6. The Balaban J connectivity index is 0.777. The van der Waals surface area contributed by atoms with Gasteiger partial charge in [-0.05, 0) is 91.5 Å². The SMILES string of the molecule is CCCC1OC2CC3C4CCC5=CC(=O)C=CC56OC(CC3(C)C2(C(=O)COCNC(=O)CNC(=O)CCC(=O)N2Cc3ccccc3C#Cc3ccccc32)O1)C46. The fourth-order valence-corrected chi connectivity index (χ4v) is 11.3. The standard InChI is InChI=1S/C46H49N3O9/c1-3-8-42-56-38-22-34-33-16-15-31-21-32(50)19-20-45(31)43(33)36(57-45)23-44(34,2)46(38,58-42)37(51)26-55-27-48-40(53)24-47-39(52)17-18-41(54)49-25-30-11-5-4-9-28(30)13-14-29-10-6-7-12-35(29)49/h4-7,9-12,19-21,33-34,36,38,42-43H,3,8,15-18,22-27H2,1-2H3,(H,47,52)(H,48,53). The maximum atomic E-state index is 14.4. The van der Waals surface area contributed by atoms with Gasteiger partial charge in [-0.1, -0.05) is 62.4 Å². The van der Waals surface area contributed by atoms with Gasteiger partial charge in [-0.3, -0.25) is 24.0 Å². The number of hydrogen-bond acceptors (Lipinski definition) is 9. The summed E-state index contributed by atoms with van der Waals surface area (Å²) < 4.78 is 25.7. The van der Waals surface area contributed by atoms with Crippen molar-refractivity contribution >= 4 is 35.0 Å². The minimum Gasteiger partial charge on any atom is -0.362 e. The molecule has 9 atom stereocenters. The third-order valence-electron chi connectivity index (χ3n) is 13.9. The first-order valence-corrected chi connectivity index (χ1v) is 20.7. The van der Waals surface area contributed by atoms with Crippen molar-refractivity contribution in [2.75, 3.05) is 24.8 Å². The van der Waals surface area contributed by atoms with Gasteiger partial charge in [-0.15, -0.1) is 0 Å². The number of Topliss-reactive ketones (excluding diaryl/α,β-unsaturated/α-hetero) is 1. The van der Waals surface area contributed by atoms with Crippen molar-refractivity contribution in [1.29, 1.82) is 0 Å². The van der Waals surface area contributed by atoms with Crippen molar-refractivity contribution in [3.05, 3.63) is 89.0 Å². The molecule has 12 heteroatoms. The number of ether oxygens (including phenoxy) is 4. The molecule has 2 saturated heterocycles. The molecule has 3 amide bonds. The molecule has 2 N–H and O–H groups in total. The van der Waals surface area contributed by atoms with E-state index in [4.69, 9.17) is 18.9 Å². The van der Waals surface area contributed by atoms with Crippen molar-refractivity contribution in [3.63, 3.8) is 0 Å². The number of ketones is 2.